The van der Waals surface area contributed by atoms with Gasteiger partial charge in [-0.15, -0.1) is 0 Å². The summed E-state index contributed by atoms with van der Waals surface area (Å²) in [7, 11) is 0. The second kappa shape index (κ2) is 4.13. The van der Waals surface area contributed by atoms with Gasteiger partial charge in [-0.1, -0.05) is 6.92 Å². The lowest BCUT2D eigenvalue weighted by molar-refractivity contribution is -0.122. The van der Waals surface area contributed by atoms with E-state index in [-0.39, 0.29) is 18.6 Å². The van der Waals surface area contributed by atoms with Gasteiger partial charge in [-0.05, 0) is 0 Å². The molecule has 1 aliphatic heterocycles. The molecule has 2 nitrogen and oxygen atoms in total. The molecular formula is C9H15F2NO. The first-order valence-corrected chi connectivity index (χ1v) is 4.65. The van der Waals surface area contributed by atoms with E-state index in [1.807, 2.05) is 4.90 Å². The number of hydrogen-bond acceptors (Lipinski definition) is 2. The predicted molar refractivity (Wildman–Crippen MR) is 45.9 cm³/mol. The van der Waals surface area contributed by atoms with Crippen LogP contribution in [0.1, 0.15) is 26.2 Å². The summed E-state index contributed by atoms with van der Waals surface area (Å²) in [6.07, 6.45) is 0.279. The molecular weight excluding hydrogens is 176 g/mol. The Morgan fingerprint density at radius 2 is 1.92 bits per heavy atom. The molecule has 1 rings (SSSR count). The van der Waals surface area contributed by atoms with Gasteiger partial charge in [-0.2, -0.15) is 0 Å². The third kappa shape index (κ3) is 3.38. The zero-order chi connectivity index (χ0) is 9.90. The number of likely N-dealkylation sites (tertiary alicyclic amines) is 1. The smallest absolute Gasteiger partial charge is 0.250 e. The summed E-state index contributed by atoms with van der Waals surface area (Å²) in [6.45, 7) is 2.82. The second-order valence-electron chi connectivity index (χ2n) is 3.52. The quantitative estimate of drug-likeness (QED) is 0.676. The minimum absolute atomic E-state index is 0.107. The van der Waals surface area contributed by atoms with Gasteiger partial charge in [0.15, 0.2) is 0 Å². The van der Waals surface area contributed by atoms with E-state index in [1.165, 1.54) is 0 Å². The van der Waals surface area contributed by atoms with E-state index in [9.17, 15) is 13.6 Å². The van der Waals surface area contributed by atoms with Crippen LogP contribution >= 0.6 is 0 Å². The number of ketones is 1. The van der Waals surface area contributed by atoms with Crippen molar-refractivity contribution in [3.05, 3.63) is 0 Å². The largest absolute Gasteiger partial charge is 0.298 e. The van der Waals surface area contributed by atoms with Crippen LogP contribution in [-0.4, -0.2) is 36.2 Å². The van der Waals surface area contributed by atoms with E-state index in [1.54, 1.807) is 6.92 Å². The highest BCUT2D eigenvalue weighted by Gasteiger charge is 2.34. The maximum absolute atomic E-state index is 12.7. The van der Waals surface area contributed by atoms with Gasteiger partial charge in [-0.25, -0.2) is 8.78 Å². The summed E-state index contributed by atoms with van der Waals surface area (Å²) < 4.78 is 25.4. The van der Waals surface area contributed by atoms with Crippen LogP contribution in [0.5, 0.6) is 0 Å². The number of carbonyl (C=O) groups excluding carboxylic acids is 1. The minimum Gasteiger partial charge on any atom is -0.298 e. The molecule has 0 aromatic rings. The van der Waals surface area contributed by atoms with Gasteiger partial charge in [0.1, 0.15) is 5.78 Å². The zero-order valence-electron chi connectivity index (χ0n) is 7.85. The molecule has 0 bridgehead atoms. The number of halogens is 2. The fraction of sp³-hybridized carbons (Fsp3) is 0.889. The summed E-state index contributed by atoms with van der Waals surface area (Å²) in [4.78, 5) is 12.8. The first-order valence-electron chi connectivity index (χ1n) is 4.65. The van der Waals surface area contributed by atoms with E-state index in [4.69, 9.17) is 0 Å². The second-order valence-corrected chi connectivity index (χ2v) is 3.52. The molecule has 0 aromatic heterocycles. The fourth-order valence-corrected chi connectivity index (χ4v) is 1.40. The third-order valence-electron chi connectivity index (χ3n) is 2.38. The number of piperidine rings is 1. The lowest BCUT2D eigenvalue weighted by atomic mass is 10.1. The average molecular weight is 191 g/mol. The van der Waals surface area contributed by atoms with Crippen LogP contribution in [0.15, 0.2) is 0 Å². The first-order chi connectivity index (χ1) is 6.03. The number of alkyl halides is 2. The summed E-state index contributed by atoms with van der Waals surface area (Å²) >= 11 is 0. The molecule has 1 fully saturated rings. The van der Waals surface area contributed by atoms with E-state index in [2.05, 4.69) is 0 Å². The number of rotatable bonds is 3. The van der Waals surface area contributed by atoms with Gasteiger partial charge in [0.25, 0.3) is 5.92 Å². The van der Waals surface area contributed by atoms with Gasteiger partial charge in [-0.3, -0.25) is 9.69 Å². The zero-order valence-corrected chi connectivity index (χ0v) is 7.85. The molecule has 76 valence electrons. The Hall–Kier alpha value is -0.510. The molecule has 0 aromatic carbocycles. The van der Waals surface area contributed by atoms with Gasteiger partial charge in [0.2, 0.25) is 0 Å². The molecule has 13 heavy (non-hydrogen) atoms. The van der Waals surface area contributed by atoms with Crippen molar-refractivity contribution in [2.24, 2.45) is 0 Å². The van der Waals surface area contributed by atoms with Crippen molar-refractivity contribution in [3.8, 4) is 0 Å². The molecule has 0 radical (unpaired) electrons. The van der Waals surface area contributed by atoms with Crippen molar-refractivity contribution in [2.45, 2.75) is 32.1 Å². The molecule has 0 spiro atoms. The van der Waals surface area contributed by atoms with E-state index in [0.717, 1.165) is 0 Å². The third-order valence-corrected chi connectivity index (χ3v) is 2.38. The normalized spacial score (nSPS) is 23.0. The summed E-state index contributed by atoms with van der Waals surface area (Å²) in [6, 6.07) is 0. The lowest BCUT2D eigenvalue weighted by Gasteiger charge is -2.30. The first kappa shape index (κ1) is 10.6. The van der Waals surface area contributed by atoms with Crippen molar-refractivity contribution in [2.75, 3.05) is 19.6 Å². The van der Waals surface area contributed by atoms with Gasteiger partial charge in [0.05, 0.1) is 6.54 Å². The van der Waals surface area contributed by atoms with Crippen molar-refractivity contribution in [1.29, 1.82) is 0 Å². The van der Waals surface area contributed by atoms with Crippen LogP contribution < -0.4 is 0 Å². The Bertz CT molecular complexity index is 184. The molecule has 0 unspecified atom stereocenters. The van der Waals surface area contributed by atoms with E-state index in [0.29, 0.717) is 26.1 Å². The number of nitrogens with zero attached hydrogens (tertiary/aromatic N) is 1. The minimum atomic E-state index is -2.51. The standard InChI is InChI=1S/C9H15F2NO/c1-2-8(13)7-12-5-3-9(10,11)4-6-12/h2-7H2,1H3. The molecule has 0 amide bonds. The molecule has 0 aliphatic carbocycles. The van der Waals surface area contributed by atoms with E-state index >= 15 is 0 Å². The molecule has 1 heterocycles. The highest BCUT2D eigenvalue weighted by molar-refractivity contribution is 5.80. The van der Waals surface area contributed by atoms with E-state index < -0.39 is 5.92 Å². The topological polar surface area (TPSA) is 20.3 Å². The van der Waals surface area contributed by atoms with Crippen LogP contribution in [-0.2, 0) is 4.79 Å². The maximum atomic E-state index is 12.7. The van der Waals surface area contributed by atoms with Crippen LogP contribution in [0.4, 0.5) is 8.78 Å². The Morgan fingerprint density at radius 3 is 2.38 bits per heavy atom. The van der Waals surface area contributed by atoms with Crippen LogP contribution in [0, 0.1) is 0 Å². The fourth-order valence-electron chi connectivity index (χ4n) is 1.40. The summed E-state index contributed by atoms with van der Waals surface area (Å²) in [5.41, 5.74) is 0. The lowest BCUT2D eigenvalue weighted by Crippen LogP contribution is -2.41. The van der Waals surface area contributed by atoms with Crippen LogP contribution in [0.25, 0.3) is 0 Å². The Balaban J connectivity index is 2.29. The highest BCUT2D eigenvalue weighted by atomic mass is 19.3. The summed E-state index contributed by atoms with van der Waals surface area (Å²) in [5, 5.41) is 0. The molecule has 1 saturated heterocycles. The molecule has 4 heteroatoms. The number of Topliss-reactive ketones (excluding diaryl/α,β-unsaturated/α-hetero) is 1. The molecule has 1 aliphatic rings. The monoisotopic (exact) mass is 191 g/mol. The van der Waals surface area contributed by atoms with Gasteiger partial charge >= 0.3 is 0 Å². The number of carbonyl (C=O) groups is 1. The van der Waals surface area contributed by atoms with Crippen LogP contribution in [0.3, 0.4) is 0 Å². The molecule has 0 saturated carbocycles. The van der Waals surface area contributed by atoms with Crippen molar-refractivity contribution < 1.29 is 13.6 Å². The SMILES string of the molecule is CCC(=O)CN1CCC(F)(F)CC1. The Morgan fingerprint density at radius 1 is 1.38 bits per heavy atom. The Kier molecular flexibility index (Phi) is 3.36. The van der Waals surface area contributed by atoms with Gasteiger partial charge in [0, 0.05) is 32.4 Å². The summed E-state index contributed by atoms with van der Waals surface area (Å²) in [5.74, 6) is -2.38. The van der Waals surface area contributed by atoms with Crippen molar-refractivity contribution in [3.63, 3.8) is 0 Å². The van der Waals surface area contributed by atoms with Gasteiger partial charge < -0.3 is 0 Å². The molecule has 0 N–H and O–H groups in total. The molecule has 0 atom stereocenters. The number of hydrogen-bond donors (Lipinski definition) is 0. The predicted octanol–water partition coefficient (Wildman–Crippen LogP) is 1.70. The van der Waals surface area contributed by atoms with Crippen LogP contribution in [0.2, 0.25) is 0 Å². The highest BCUT2D eigenvalue weighted by Crippen LogP contribution is 2.27. The average Bonchev–Trinajstić information content (AvgIpc) is 2.08. The van der Waals surface area contributed by atoms with Crippen molar-refractivity contribution >= 4 is 5.78 Å². The maximum Gasteiger partial charge on any atom is 0.250 e. The van der Waals surface area contributed by atoms with Crippen molar-refractivity contribution in [1.82, 2.24) is 4.90 Å². The Labute approximate surface area is 76.9 Å².